The molecule has 0 aliphatic carbocycles. The number of hydrogen-bond acceptors (Lipinski definition) is 9. The van der Waals surface area contributed by atoms with Gasteiger partial charge in [0.15, 0.2) is 5.78 Å². The Labute approximate surface area is 176 Å². The van der Waals surface area contributed by atoms with E-state index in [1.807, 2.05) is 6.92 Å². The van der Waals surface area contributed by atoms with E-state index in [-0.39, 0.29) is 44.3 Å². The molecule has 0 saturated carbocycles. The van der Waals surface area contributed by atoms with Crippen molar-refractivity contribution in [2.24, 2.45) is 5.41 Å². The van der Waals surface area contributed by atoms with Gasteiger partial charge < -0.3 is 25.4 Å². The van der Waals surface area contributed by atoms with Crippen molar-refractivity contribution >= 4 is 24.5 Å². The molecule has 29 heavy (non-hydrogen) atoms. The van der Waals surface area contributed by atoms with E-state index in [1.54, 1.807) is 20.0 Å². The van der Waals surface area contributed by atoms with Gasteiger partial charge in [-0.2, -0.15) is 0 Å². The highest BCUT2D eigenvalue weighted by molar-refractivity contribution is 7.78. The molecule has 1 aromatic rings. The van der Waals surface area contributed by atoms with Gasteiger partial charge in [-0.3, -0.25) is 19.3 Å². The van der Waals surface area contributed by atoms with Crippen molar-refractivity contribution < 1.29 is 29.6 Å². The van der Waals surface area contributed by atoms with E-state index >= 15 is 0 Å². The molecule has 0 fully saturated rings. The highest BCUT2D eigenvalue weighted by Gasteiger charge is 2.32. The molecule has 1 aromatic heterocycles. The number of ether oxygens (including phenoxy) is 1. The summed E-state index contributed by atoms with van der Waals surface area (Å²) in [6.45, 7) is 4.97. The van der Waals surface area contributed by atoms with Crippen molar-refractivity contribution in [3.05, 3.63) is 23.0 Å². The second-order valence-corrected chi connectivity index (χ2v) is 7.68. The molecular weight excluding hydrogens is 398 g/mol. The van der Waals surface area contributed by atoms with Gasteiger partial charge in [0, 0.05) is 42.2 Å². The third-order valence-corrected chi connectivity index (χ3v) is 4.69. The van der Waals surface area contributed by atoms with Gasteiger partial charge in [-0.05, 0) is 6.42 Å². The van der Waals surface area contributed by atoms with Crippen LogP contribution < -0.4 is 10.0 Å². The minimum atomic E-state index is -1.37. The van der Waals surface area contributed by atoms with Crippen LogP contribution in [0.5, 0.6) is 5.75 Å². The molecule has 0 spiro atoms. The number of Topliss-reactive ketones (excluding diaryl/α,β-unsaturated/α-hetero) is 1. The first kappa shape index (κ1) is 25.3. The first-order valence-electron chi connectivity index (χ1n) is 9.39. The zero-order valence-corrected chi connectivity index (χ0v) is 18.0. The minimum absolute atomic E-state index is 0.0430. The molecule has 5 N–H and O–H groups in total. The molecule has 1 rings (SSSR count). The third-order valence-electron chi connectivity index (χ3n) is 4.53. The second-order valence-electron chi connectivity index (χ2n) is 7.37. The van der Waals surface area contributed by atoms with E-state index in [2.05, 4.69) is 27.8 Å². The fourth-order valence-electron chi connectivity index (χ4n) is 2.49. The molecule has 0 saturated heterocycles. The summed E-state index contributed by atoms with van der Waals surface area (Å²) in [7, 11) is 0. The lowest BCUT2D eigenvalue weighted by Crippen LogP contribution is -2.46. The fraction of sp³-hybridized carbons (Fsp3) is 0.632. The number of nitrogens with zero attached hydrogens (tertiary/aromatic N) is 1. The lowest BCUT2D eigenvalue weighted by atomic mass is 9.87. The average Bonchev–Trinajstić information content (AvgIpc) is 2.69. The van der Waals surface area contributed by atoms with Gasteiger partial charge in [-0.25, -0.2) is 0 Å². The van der Waals surface area contributed by atoms with Gasteiger partial charge in [0.1, 0.15) is 18.5 Å². The van der Waals surface area contributed by atoms with Crippen molar-refractivity contribution in [2.75, 3.05) is 19.8 Å². The van der Waals surface area contributed by atoms with Crippen LogP contribution in [-0.2, 0) is 33.9 Å². The molecule has 0 unspecified atom stereocenters. The molecule has 10 heteroatoms. The maximum Gasteiger partial charge on any atom is 0.249 e. The van der Waals surface area contributed by atoms with Gasteiger partial charge in [0.2, 0.25) is 5.91 Å². The quantitative estimate of drug-likeness (QED) is 0.245. The highest BCUT2D eigenvalue weighted by atomic mass is 32.1. The zero-order valence-electron chi connectivity index (χ0n) is 17.1. The van der Waals surface area contributed by atoms with Crippen LogP contribution >= 0.6 is 12.8 Å². The topological polar surface area (TPSA) is 141 Å². The minimum Gasteiger partial charge on any atom is -0.506 e. The standard InChI is InChI=1S/C19H31N3O6S/c1-4-15-16(25)14(8-22-29)12(7-21-15)9-28-10-13(24)5-6-20-18(27)17(26)19(2,3)11-23/h7,17,22-23,25-26,29H,4-6,8-11H2,1-3H3,(H,20,27)/t17-/m0/s1. The summed E-state index contributed by atoms with van der Waals surface area (Å²) < 4.78 is 8.11. The van der Waals surface area contributed by atoms with Crippen LogP contribution in [0.2, 0.25) is 0 Å². The van der Waals surface area contributed by atoms with Crippen molar-refractivity contribution in [2.45, 2.75) is 52.9 Å². The van der Waals surface area contributed by atoms with E-state index in [1.165, 1.54) is 0 Å². The number of ketones is 1. The predicted octanol–water partition coefficient (Wildman–Crippen LogP) is 0.255. The SMILES string of the molecule is CCc1ncc(COCC(=O)CCNC(=O)[C@H](O)C(C)(C)CO)c(CNS)c1O. The molecule has 0 bridgehead atoms. The molecular formula is C19H31N3O6S. The van der Waals surface area contributed by atoms with Gasteiger partial charge in [-0.1, -0.05) is 33.6 Å². The zero-order chi connectivity index (χ0) is 22.0. The number of nitrogens with one attached hydrogen (secondary N) is 2. The van der Waals surface area contributed by atoms with Crippen molar-refractivity contribution in [1.29, 1.82) is 0 Å². The molecule has 1 amide bonds. The predicted molar refractivity (Wildman–Crippen MR) is 110 cm³/mol. The smallest absolute Gasteiger partial charge is 0.249 e. The number of hydrogen-bond donors (Lipinski definition) is 6. The van der Waals surface area contributed by atoms with Crippen molar-refractivity contribution in [3.8, 4) is 5.75 Å². The van der Waals surface area contributed by atoms with Crippen LogP contribution in [0.15, 0.2) is 6.20 Å². The normalized spacial score (nSPS) is 12.6. The van der Waals surface area contributed by atoms with Gasteiger partial charge in [0.05, 0.1) is 18.9 Å². The number of thiol groups is 1. The Kier molecular flexibility index (Phi) is 10.5. The Morgan fingerprint density at radius 1 is 1.38 bits per heavy atom. The van der Waals surface area contributed by atoms with Crippen LogP contribution in [0.4, 0.5) is 0 Å². The summed E-state index contributed by atoms with van der Waals surface area (Å²) in [5, 5.41) is 31.8. The van der Waals surface area contributed by atoms with E-state index in [0.717, 1.165) is 0 Å². The number of aromatic hydroxyl groups is 1. The molecule has 164 valence electrons. The van der Waals surface area contributed by atoms with Crippen LogP contribution in [0, 0.1) is 5.41 Å². The van der Waals surface area contributed by atoms with Crippen LogP contribution in [0.3, 0.4) is 0 Å². The van der Waals surface area contributed by atoms with Gasteiger partial charge >= 0.3 is 0 Å². The van der Waals surface area contributed by atoms with Gasteiger partial charge in [-0.15, -0.1) is 0 Å². The van der Waals surface area contributed by atoms with Crippen LogP contribution in [-0.4, -0.2) is 57.9 Å². The number of rotatable bonds is 13. The molecule has 0 radical (unpaired) electrons. The molecule has 1 heterocycles. The first-order valence-corrected chi connectivity index (χ1v) is 9.84. The van der Waals surface area contributed by atoms with Crippen LogP contribution in [0.1, 0.15) is 44.0 Å². The van der Waals surface area contributed by atoms with Crippen molar-refractivity contribution in [3.63, 3.8) is 0 Å². The summed E-state index contributed by atoms with van der Waals surface area (Å²) >= 11 is 3.96. The fourth-order valence-corrected chi connectivity index (χ4v) is 2.65. The highest BCUT2D eigenvalue weighted by Crippen LogP contribution is 2.25. The molecule has 0 aliphatic rings. The van der Waals surface area contributed by atoms with E-state index in [9.17, 15) is 24.9 Å². The van der Waals surface area contributed by atoms with Crippen molar-refractivity contribution in [1.82, 2.24) is 15.0 Å². The lowest BCUT2D eigenvalue weighted by molar-refractivity contribution is -0.137. The van der Waals surface area contributed by atoms with E-state index < -0.39 is 17.4 Å². The number of aryl methyl sites for hydroxylation is 1. The third kappa shape index (κ3) is 7.56. The number of aliphatic hydroxyl groups is 2. The Hall–Kier alpha value is -1.72. The Bertz CT molecular complexity index is 699. The summed E-state index contributed by atoms with van der Waals surface area (Å²) in [6, 6.07) is 0. The molecule has 0 aliphatic heterocycles. The Morgan fingerprint density at radius 2 is 2.07 bits per heavy atom. The summed E-state index contributed by atoms with van der Waals surface area (Å²) in [5.41, 5.74) is 0.874. The summed E-state index contributed by atoms with van der Waals surface area (Å²) in [4.78, 5) is 28.0. The number of amides is 1. The maximum atomic E-state index is 11.9. The summed E-state index contributed by atoms with van der Waals surface area (Å²) in [6.07, 6.45) is 0.861. The Morgan fingerprint density at radius 3 is 2.66 bits per heavy atom. The number of pyridine rings is 1. The number of carbonyl (C=O) groups excluding carboxylic acids is 2. The van der Waals surface area contributed by atoms with Crippen LogP contribution in [0.25, 0.3) is 0 Å². The lowest BCUT2D eigenvalue weighted by Gasteiger charge is -2.27. The van der Waals surface area contributed by atoms with E-state index in [0.29, 0.717) is 29.8 Å². The average molecular weight is 430 g/mol. The monoisotopic (exact) mass is 429 g/mol. The van der Waals surface area contributed by atoms with Gasteiger partial charge in [0.25, 0.3) is 0 Å². The Balaban J connectivity index is 2.47. The molecule has 9 nitrogen and oxygen atoms in total. The number of aliphatic hydroxyl groups excluding tert-OH is 2. The number of aromatic nitrogens is 1. The first-order chi connectivity index (χ1) is 13.7. The second kappa shape index (κ2) is 12.1. The summed E-state index contributed by atoms with van der Waals surface area (Å²) in [5.74, 6) is -0.773. The number of carbonyl (C=O) groups is 2. The largest absolute Gasteiger partial charge is 0.506 e. The maximum absolute atomic E-state index is 11.9. The van der Waals surface area contributed by atoms with E-state index in [4.69, 9.17) is 4.74 Å². The molecule has 1 atom stereocenters. The molecule has 0 aromatic carbocycles.